The lowest BCUT2D eigenvalue weighted by molar-refractivity contribution is -0.145. The summed E-state index contributed by atoms with van der Waals surface area (Å²) in [6.45, 7) is -0.237. The lowest BCUT2D eigenvalue weighted by atomic mass is 10.0. The molecule has 0 spiro atoms. The van der Waals surface area contributed by atoms with Crippen LogP contribution in [0.4, 0.5) is 0 Å². The summed E-state index contributed by atoms with van der Waals surface area (Å²) in [5.41, 5.74) is 1.14. The highest BCUT2D eigenvalue weighted by atomic mass is 32.2. The molecule has 1 atom stereocenters. The number of esters is 1. The van der Waals surface area contributed by atoms with Crippen LogP contribution in [-0.4, -0.2) is 49.4 Å². The molecule has 1 amide bonds. The zero-order valence-corrected chi connectivity index (χ0v) is 16.7. The molecule has 6 nitrogen and oxygen atoms in total. The molecule has 28 heavy (non-hydrogen) atoms. The van der Waals surface area contributed by atoms with Crippen LogP contribution in [0.3, 0.4) is 0 Å². The number of hydrogen-bond donors (Lipinski definition) is 1. The van der Waals surface area contributed by atoms with Crippen molar-refractivity contribution in [3.8, 4) is 5.75 Å². The molecule has 1 N–H and O–H groups in total. The third kappa shape index (κ3) is 6.42. The van der Waals surface area contributed by atoms with Crippen LogP contribution in [-0.2, 0) is 14.3 Å². The molecule has 0 fully saturated rings. The van der Waals surface area contributed by atoms with Gasteiger partial charge >= 0.3 is 5.97 Å². The van der Waals surface area contributed by atoms with E-state index in [1.54, 1.807) is 48.2 Å². The molecule has 7 heteroatoms. The van der Waals surface area contributed by atoms with E-state index in [0.717, 1.165) is 5.75 Å². The van der Waals surface area contributed by atoms with Gasteiger partial charge in [0.05, 0.1) is 7.11 Å². The van der Waals surface area contributed by atoms with Gasteiger partial charge in [-0.25, -0.2) is 4.79 Å². The highest BCUT2D eigenvalue weighted by Gasteiger charge is 2.21. The SMILES string of the molecule is COC(=O)[C@@H](CCSC)NC(=O)COc1ccc(C(=O)c2ccccc2)cc1. The minimum atomic E-state index is -0.695. The van der Waals surface area contributed by atoms with E-state index in [-0.39, 0.29) is 12.4 Å². The fraction of sp³-hybridized carbons (Fsp3) is 0.286. The molecule has 2 rings (SSSR count). The average Bonchev–Trinajstić information content (AvgIpc) is 2.75. The fourth-order valence-electron chi connectivity index (χ4n) is 2.47. The smallest absolute Gasteiger partial charge is 0.328 e. The van der Waals surface area contributed by atoms with Gasteiger partial charge in [-0.15, -0.1) is 0 Å². The van der Waals surface area contributed by atoms with Crippen LogP contribution in [0.15, 0.2) is 54.6 Å². The van der Waals surface area contributed by atoms with E-state index < -0.39 is 17.9 Å². The average molecular weight is 401 g/mol. The molecule has 2 aromatic carbocycles. The number of ketones is 1. The van der Waals surface area contributed by atoms with E-state index in [0.29, 0.717) is 23.3 Å². The molecule has 0 bridgehead atoms. The topological polar surface area (TPSA) is 81.7 Å². The first-order chi connectivity index (χ1) is 13.5. The number of rotatable bonds is 10. The maximum atomic E-state index is 12.4. The minimum Gasteiger partial charge on any atom is -0.484 e. The van der Waals surface area contributed by atoms with Gasteiger partial charge in [0.15, 0.2) is 12.4 Å². The first-order valence-electron chi connectivity index (χ1n) is 8.74. The predicted molar refractivity (Wildman–Crippen MR) is 109 cm³/mol. The molecular formula is C21H23NO5S. The summed E-state index contributed by atoms with van der Waals surface area (Å²) in [6.07, 6.45) is 2.40. The van der Waals surface area contributed by atoms with Gasteiger partial charge in [-0.05, 0) is 42.7 Å². The predicted octanol–water partition coefficient (Wildman–Crippen LogP) is 2.71. The van der Waals surface area contributed by atoms with Crippen molar-refractivity contribution in [2.24, 2.45) is 0 Å². The zero-order valence-electron chi connectivity index (χ0n) is 15.8. The van der Waals surface area contributed by atoms with Crippen LogP contribution in [0, 0.1) is 0 Å². The van der Waals surface area contributed by atoms with Crippen LogP contribution in [0.2, 0.25) is 0 Å². The van der Waals surface area contributed by atoms with Gasteiger partial charge in [0.25, 0.3) is 5.91 Å². The fourth-order valence-corrected chi connectivity index (χ4v) is 2.94. The van der Waals surface area contributed by atoms with Crippen molar-refractivity contribution in [1.82, 2.24) is 5.32 Å². The second-order valence-electron chi connectivity index (χ2n) is 5.93. The molecule has 0 saturated heterocycles. The summed E-state index contributed by atoms with van der Waals surface area (Å²) >= 11 is 1.58. The Morgan fingerprint density at radius 3 is 2.25 bits per heavy atom. The van der Waals surface area contributed by atoms with Gasteiger partial charge in [-0.1, -0.05) is 30.3 Å². The van der Waals surface area contributed by atoms with Crippen LogP contribution >= 0.6 is 11.8 Å². The Bertz CT molecular complexity index is 792. The Kier molecular flexibility index (Phi) is 8.55. The summed E-state index contributed by atoms with van der Waals surface area (Å²) in [4.78, 5) is 36.2. The van der Waals surface area contributed by atoms with Crippen LogP contribution in [0.25, 0.3) is 0 Å². The van der Waals surface area contributed by atoms with E-state index in [9.17, 15) is 14.4 Å². The Morgan fingerprint density at radius 2 is 1.64 bits per heavy atom. The molecule has 0 aliphatic carbocycles. The summed E-state index contributed by atoms with van der Waals surface area (Å²) in [7, 11) is 1.29. The number of benzene rings is 2. The van der Waals surface area contributed by atoms with Gasteiger partial charge in [0.2, 0.25) is 0 Å². The molecule has 0 aliphatic heterocycles. The molecule has 148 valence electrons. The summed E-state index contributed by atoms with van der Waals surface area (Å²) in [6, 6.07) is 14.9. The number of thioether (sulfide) groups is 1. The van der Waals surface area contributed by atoms with Crippen LogP contribution < -0.4 is 10.1 Å². The molecule has 0 heterocycles. The highest BCUT2D eigenvalue weighted by molar-refractivity contribution is 7.98. The summed E-state index contributed by atoms with van der Waals surface area (Å²) < 4.78 is 10.2. The number of carbonyl (C=O) groups is 3. The van der Waals surface area contributed by atoms with Crippen molar-refractivity contribution in [2.75, 3.05) is 25.7 Å². The molecular weight excluding hydrogens is 378 g/mol. The second-order valence-corrected chi connectivity index (χ2v) is 6.92. The van der Waals surface area contributed by atoms with Crippen LogP contribution in [0.5, 0.6) is 5.75 Å². The first-order valence-corrected chi connectivity index (χ1v) is 10.1. The maximum absolute atomic E-state index is 12.4. The molecule has 0 aliphatic rings. The number of hydrogen-bond acceptors (Lipinski definition) is 6. The van der Waals surface area contributed by atoms with Gasteiger partial charge < -0.3 is 14.8 Å². The Hall–Kier alpha value is -2.80. The standard InChI is InChI=1S/C21H23NO5S/c1-26-21(25)18(12-13-28-2)22-19(23)14-27-17-10-8-16(9-11-17)20(24)15-6-4-3-5-7-15/h3-11,18H,12-14H2,1-2H3,(H,22,23)/t18-/m1/s1. The van der Waals surface area contributed by atoms with Gasteiger partial charge in [0, 0.05) is 11.1 Å². The van der Waals surface area contributed by atoms with Crippen molar-refractivity contribution in [2.45, 2.75) is 12.5 Å². The van der Waals surface area contributed by atoms with Gasteiger partial charge in [0.1, 0.15) is 11.8 Å². The third-order valence-electron chi connectivity index (χ3n) is 3.95. The number of methoxy groups -OCH3 is 1. The summed E-state index contributed by atoms with van der Waals surface area (Å²) in [5.74, 6) is 0.197. The monoisotopic (exact) mass is 401 g/mol. The highest BCUT2D eigenvalue weighted by Crippen LogP contribution is 2.15. The van der Waals surface area contributed by atoms with Crippen molar-refractivity contribution < 1.29 is 23.9 Å². The van der Waals surface area contributed by atoms with Crippen molar-refractivity contribution in [1.29, 1.82) is 0 Å². The molecule has 2 aromatic rings. The van der Waals surface area contributed by atoms with E-state index in [4.69, 9.17) is 9.47 Å². The third-order valence-corrected chi connectivity index (χ3v) is 4.60. The maximum Gasteiger partial charge on any atom is 0.328 e. The van der Waals surface area contributed by atoms with Crippen LogP contribution in [0.1, 0.15) is 22.3 Å². The van der Waals surface area contributed by atoms with E-state index >= 15 is 0 Å². The molecule has 0 unspecified atom stereocenters. The van der Waals surface area contributed by atoms with Crippen molar-refractivity contribution in [3.63, 3.8) is 0 Å². The molecule has 0 radical (unpaired) electrons. The lowest BCUT2D eigenvalue weighted by Gasteiger charge is -2.16. The Balaban J connectivity index is 1.89. The van der Waals surface area contributed by atoms with Crippen molar-refractivity contribution in [3.05, 3.63) is 65.7 Å². The van der Waals surface area contributed by atoms with Crippen molar-refractivity contribution >= 4 is 29.4 Å². The number of carbonyl (C=O) groups excluding carboxylic acids is 3. The zero-order chi connectivity index (χ0) is 20.4. The quantitative estimate of drug-likeness (QED) is 0.487. The number of ether oxygens (including phenoxy) is 2. The molecule has 0 saturated carbocycles. The normalized spacial score (nSPS) is 11.4. The largest absolute Gasteiger partial charge is 0.484 e. The van der Waals surface area contributed by atoms with E-state index in [1.807, 2.05) is 24.5 Å². The Morgan fingerprint density at radius 1 is 1.00 bits per heavy atom. The Labute approximate surface area is 168 Å². The van der Waals surface area contributed by atoms with Gasteiger partial charge in [-0.2, -0.15) is 11.8 Å². The second kappa shape index (κ2) is 11.1. The lowest BCUT2D eigenvalue weighted by Crippen LogP contribution is -2.43. The number of amides is 1. The van der Waals surface area contributed by atoms with E-state index in [1.165, 1.54) is 7.11 Å². The van der Waals surface area contributed by atoms with Gasteiger partial charge in [-0.3, -0.25) is 9.59 Å². The number of nitrogens with one attached hydrogen (secondary N) is 1. The first kappa shape index (κ1) is 21.5. The summed E-state index contributed by atoms with van der Waals surface area (Å²) in [5, 5.41) is 2.62. The van der Waals surface area contributed by atoms with E-state index in [2.05, 4.69) is 5.32 Å². The molecule has 0 aromatic heterocycles. The minimum absolute atomic E-state index is 0.0837.